The number of phenols is 1. The maximum atomic E-state index is 12.9. The normalized spacial score (nSPS) is 11.1. The van der Waals surface area contributed by atoms with Gasteiger partial charge in [0.05, 0.1) is 24.1 Å². The molecular formula is C25H25ClN4O4. The number of phenolic OH excluding ortho intramolecular Hbond substituents is 1. The second-order valence-electron chi connectivity index (χ2n) is 7.60. The highest BCUT2D eigenvalue weighted by molar-refractivity contribution is 6.31. The first-order valence-electron chi connectivity index (χ1n) is 10.5. The van der Waals surface area contributed by atoms with E-state index in [2.05, 4.69) is 15.8 Å². The number of nitrogens with zero attached hydrogens (tertiary/aromatic N) is 2. The van der Waals surface area contributed by atoms with Crippen LogP contribution < -0.4 is 10.7 Å². The Balaban J connectivity index is 1.72. The van der Waals surface area contributed by atoms with E-state index in [4.69, 9.17) is 16.7 Å². The van der Waals surface area contributed by atoms with E-state index in [1.807, 2.05) is 18.0 Å². The van der Waals surface area contributed by atoms with Gasteiger partial charge >= 0.3 is 0 Å². The molecule has 0 fully saturated rings. The molecule has 3 rings (SSSR count). The standard InChI is InChI=1S/C25H25ClN4O4/c1-30(11-12-31)16-18-3-2-4-19(13-18)24(33)28-23-10-7-20(26)14-22(23)25(34)29-27-15-17-5-8-21(32)9-6-17/h2-10,13-15,31-32H,11-12,16H2,1H3,(H,28,33)(H,29,34). The molecule has 34 heavy (non-hydrogen) atoms. The fraction of sp³-hybridized carbons (Fsp3) is 0.160. The first-order valence-corrected chi connectivity index (χ1v) is 10.8. The molecule has 3 aromatic carbocycles. The van der Waals surface area contributed by atoms with Crippen LogP contribution in [0, 0.1) is 0 Å². The lowest BCUT2D eigenvalue weighted by Gasteiger charge is -2.16. The Morgan fingerprint density at radius 2 is 1.82 bits per heavy atom. The van der Waals surface area contributed by atoms with Crippen LogP contribution in [0.4, 0.5) is 5.69 Å². The van der Waals surface area contributed by atoms with Gasteiger partial charge in [-0.05, 0) is 72.8 Å². The van der Waals surface area contributed by atoms with Crippen molar-refractivity contribution in [2.45, 2.75) is 6.54 Å². The maximum Gasteiger partial charge on any atom is 0.273 e. The quantitative estimate of drug-likeness (QED) is 0.276. The Morgan fingerprint density at radius 3 is 2.56 bits per heavy atom. The zero-order valence-electron chi connectivity index (χ0n) is 18.5. The molecule has 0 aliphatic carbocycles. The molecule has 8 nitrogen and oxygen atoms in total. The van der Waals surface area contributed by atoms with Crippen molar-refractivity contribution in [3.63, 3.8) is 0 Å². The molecule has 0 heterocycles. The summed E-state index contributed by atoms with van der Waals surface area (Å²) >= 11 is 6.08. The third-order valence-corrected chi connectivity index (χ3v) is 5.11. The van der Waals surface area contributed by atoms with Crippen LogP contribution in [0.25, 0.3) is 0 Å². The molecule has 176 valence electrons. The zero-order chi connectivity index (χ0) is 24.5. The summed E-state index contributed by atoms with van der Waals surface area (Å²) in [4.78, 5) is 27.5. The van der Waals surface area contributed by atoms with Gasteiger partial charge in [-0.25, -0.2) is 5.43 Å². The van der Waals surface area contributed by atoms with Crippen molar-refractivity contribution in [2.24, 2.45) is 5.10 Å². The van der Waals surface area contributed by atoms with Gasteiger partial charge in [0, 0.05) is 23.7 Å². The van der Waals surface area contributed by atoms with Crippen molar-refractivity contribution in [1.29, 1.82) is 0 Å². The first-order chi connectivity index (χ1) is 16.4. The van der Waals surface area contributed by atoms with Gasteiger partial charge < -0.3 is 15.5 Å². The Bertz CT molecular complexity index is 1180. The van der Waals surface area contributed by atoms with Crippen molar-refractivity contribution in [3.8, 4) is 5.75 Å². The van der Waals surface area contributed by atoms with Crippen molar-refractivity contribution in [1.82, 2.24) is 10.3 Å². The van der Waals surface area contributed by atoms with E-state index >= 15 is 0 Å². The maximum absolute atomic E-state index is 12.9. The van der Waals surface area contributed by atoms with Crippen LogP contribution in [0.5, 0.6) is 5.75 Å². The van der Waals surface area contributed by atoms with Crippen molar-refractivity contribution < 1.29 is 19.8 Å². The number of hydrogen-bond donors (Lipinski definition) is 4. The number of nitrogens with one attached hydrogen (secondary N) is 2. The minimum Gasteiger partial charge on any atom is -0.508 e. The fourth-order valence-electron chi connectivity index (χ4n) is 3.17. The number of aliphatic hydroxyl groups is 1. The third-order valence-electron chi connectivity index (χ3n) is 4.87. The molecule has 2 amide bonds. The summed E-state index contributed by atoms with van der Waals surface area (Å²) in [7, 11) is 1.88. The van der Waals surface area contributed by atoms with Crippen LogP contribution in [0.1, 0.15) is 31.8 Å². The number of anilines is 1. The van der Waals surface area contributed by atoms with Gasteiger partial charge in [-0.2, -0.15) is 5.10 Å². The smallest absolute Gasteiger partial charge is 0.273 e. The van der Waals surface area contributed by atoms with Gasteiger partial charge in [0.25, 0.3) is 11.8 Å². The zero-order valence-corrected chi connectivity index (χ0v) is 19.3. The van der Waals surface area contributed by atoms with E-state index in [1.165, 1.54) is 24.4 Å². The summed E-state index contributed by atoms with van der Waals surface area (Å²) < 4.78 is 0. The molecule has 0 bridgehead atoms. The molecule has 0 atom stereocenters. The molecule has 0 unspecified atom stereocenters. The van der Waals surface area contributed by atoms with E-state index in [0.29, 0.717) is 29.2 Å². The fourth-order valence-corrected chi connectivity index (χ4v) is 3.34. The number of hydrazone groups is 1. The highest BCUT2D eigenvalue weighted by Crippen LogP contribution is 2.22. The lowest BCUT2D eigenvalue weighted by molar-refractivity contribution is 0.0956. The molecule has 0 aliphatic rings. The lowest BCUT2D eigenvalue weighted by atomic mass is 10.1. The number of carbonyl (C=O) groups excluding carboxylic acids is 2. The van der Waals surface area contributed by atoms with Gasteiger partial charge in [0.1, 0.15) is 5.75 Å². The number of likely N-dealkylation sites (N-methyl/N-ethyl adjacent to an activating group) is 1. The summed E-state index contributed by atoms with van der Waals surface area (Å²) in [6, 6.07) is 18.0. The molecule has 0 spiro atoms. The van der Waals surface area contributed by atoms with Crippen molar-refractivity contribution >= 4 is 35.3 Å². The van der Waals surface area contributed by atoms with Crippen LogP contribution in [-0.2, 0) is 6.54 Å². The molecule has 0 radical (unpaired) electrons. The highest BCUT2D eigenvalue weighted by atomic mass is 35.5. The number of carbonyl (C=O) groups is 2. The monoisotopic (exact) mass is 480 g/mol. The number of aliphatic hydroxyl groups excluding tert-OH is 1. The second-order valence-corrected chi connectivity index (χ2v) is 8.03. The Hall–Kier alpha value is -3.72. The van der Waals surface area contributed by atoms with Crippen molar-refractivity contribution in [2.75, 3.05) is 25.5 Å². The number of benzene rings is 3. The summed E-state index contributed by atoms with van der Waals surface area (Å²) in [6.07, 6.45) is 1.43. The first kappa shape index (κ1) is 24.9. The predicted octanol–water partition coefficient (Wildman–Crippen LogP) is 3.49. The van der Waals surface area contributed by atoms with Gasteiger partial charge in [0.15, 0.2) is 0 Å². The lowest BCUT2D eigenvalue weighted by Crippen LogP contribution is -2.22. The Labute approximate surface area is 202 Å². The van der Waals surface area contributed by atoms with Crippen LogP contribution in [-0.4, -0.2) is 53.3 Å². The molecular weight excluding hydrogens is 456 g/mol. The molecule has 4 N–H and O–H groups in total. The second kappa shape index (κ2) is 11.9. The number of aromatic hydroxyl groups is 1. The van der Waals surface area contributed by atoms with Gasteiger partial charge in [0.2, 0.25) is 0 Å². The molecule has 0 saturated carbocycles. The van der Waals surface area contributed by atoms with Gasteiger partial charge in [-0.15, -0.1) is 0 Å². The van der Waals surface area contributed by atoms with Crippen molar-refractivity contribution in [3.05, 3.63) is 94.0 Å². The Morgan fingerprint density at radius 1 is 1.06 bits per heavy atom. The molecule has 3 aromatic rings. The number of halogens is 1. The topological polar surface area (TPSA) is 114 Å². The van der Waals surface area contributed by atoms with E-state index in [9.17, 15) is 14.7 Å². The van der Waals surface area contributed by atoms with Crippen LogP contribution in [0.3, 0.4) is 0 Å². The predicted molar refractivity (Wildman–Crippen MR) is 132 cm³/mol. The van der Waals surface area contributed by atoms with Crippen LogP contribution in [0.15, 0.2) is 71.8 Å². The number of hydrogen-bond acceptors (Lipinski definition) is 6. The summed E-state index contributed by atoms with van der Waals surface area (Å²) in [6.45, 7) is 1.15. The van der Waals surface area contributed by atoms with E-state index in [0.717, 1.165) is 5.56 Å². The van der Waals surface area contributed by atoms with E-state index in [1.54, 1.807) is 42.5 Å². The molecule has 0 aliphatic heterocycles. The molecule has 0 aromatic heterocycles. The average Bonchev–Trinajstić information content (AvgIpc) is 2.81. The minimum absolute atomic E-state index is 0.0526. The van der Waals surface area contributed by atoms with Gasteiger partial charge in [-0.3, -0.25) is 14.5 Å². The van der Waals surface area contributed by atoms with E-state index in [-0.39, 0.29) is 29.5 Å². The Kier molecular flexibility index (Phi) is 8.75. The summed E-state index contributed by atoms with van der Waals surface area (Å²) in [5, 5.41) is 25.4. The number of amides is 2. The third kappa shape index (κ3) is 7.14. The molecule has 9 heteroatoms. The molecule has 0 saturated heterocycles. The summed E-state index contributed by atoms with van der Waals surface area (Å²) in [5.74, 6) is -0.800. The van der Waals surface area contributed by atoms with E-state index < -0.39 is 5.91 Å². The van der Waals surface area contributed by atoms with Crippen LogP contribution in [0.2, 0.25) is 5.02 Å². The minimum atomic E-state index is -0.549. The highest BCUT2D eigenvalue weighted by Gasteiger charge is 2.15. The largest absolute Gasteiger partial charge is 0.508 e. The average molecular weight is 481 g/mol. The summed E-state index contributed by atoms with van der Waals surface area (Å²) in [5.41, 5.74) is 4.89. The SMILES string of the molecule is CN(CCO)Cc1cccc(C(=O)Nc2ccc(Cl)cc2C(=O)NN=Cc2ccc(O)cc2)c1. The van der Waals surface area contributed by atoms with Crippen LogP contribution >= 0.6 is 11.6 Å². The van der Waals surface area contributed by atoms with Gasteiger partial charge in [-0.1, -0.05) is 23.7 Å². The number of rotatable bonds is 9.